The van der Waals surface area contributed by atoms with Gasteiger partial charge in [-0.2, -0.15) is 4.98 Å². The van der Waals surface area contributed by atoms with Crippen molar-refractivity contribution in [3.8, 4) is 11.5 Å². The number of aromatic hydroxyl groups is 2. The number of halogens is 1. The number of fused-ring (bicyclic) bond motifs is 1. The maximum atomic E-state index is 13.0. The molecule has 2 aromatic heterocycles. The Labute approximate surface area is 213 Å². The quantitative estimate of drug-likeness (QED) is 0.171. The van der Waals surface area contributed by atoms with Gasteiger partial charge in [0.2, 0.25) is 5.95 Å². The molecule has 4 rings (SSSR count). The molecule has 1 aliphatic rings. The van der Waals surface area contributed by atoms with E-state index in [0.29, 0.717) is 68.4 Å². The molecular weight excluding hydrogens is 492 g/mol. The first-order chi connectivity index (χ1) is 16.7. The third kappa shape index (κ3) is 5.36. The molecule has 1 fully saturated rings. The van der Waals surface area contributed by atoms with Gasteiger partial charge >= 0.3 is 5.69 Å². The van der Waals surface area contributed by atoms with E-state index in [1.165, 1.54) is 23.7 Å². The highest BCUT2D eigenvalue weighted by atomic mass is 35.5. The van der Waals surface area contributed by atoms with Crippen LogP contribution in [0.1, 0.15) is 25.0 Å². The van der Waals surface area contributed by atoms with Crippen molar-refractivity contribution in [2.24, 2.45) is 14.1 Å². The minimum Gasteiger partial charge on any atom is -1.00 e. The number of hydrogen-bond acceptors (Lipinski definition) is 8. The number of phenols is 2. The third-order valence-corrected chi connectivity index (χ3v) is 6.42. The predicted octanol–water partition coefficient (Wildman–Crippen LogP) is -4.24. The highest BCUT2D eigenvalue weighted by Crippen LogP contribution is 2.27. The molecule has 1 aliphatic heterocycles. The number of aryl methyl sites for hydroxylation is 2. The minimum atomic E-state index is -0.803. The van der Waals surface area contributed by atoms with Gasteiger partial charge in [0.15, 0.2) is 22.7 Å². The zero-order valence-electron chi connectivity index (χ0n) is 20.6. The zero-order chi connectivity index (χ0) is 25.3. The van der Waals surface area contributed by atoms with Crippen LogP contribution in [0.5, 0.6) is 11.5 Å². The van der Waals surface area contributed by atoms with Gasteiger partial charge in [-0.15, -0.1) is 0 Å². The topological polar surface area (TPSA) is 152 Å². The molecule has 198 valence electrons. The summed E-state index contributed by atoms with van der Waals surface area (Å²) >= 11 is 0. The van der Waals surface area contributed by atoms with Gasteiger partial charge in [-0.3, -0.25) is 13.9 Å². The van der Waals surface area contributed by atoms with Crippen LogP contribution in [-0.2, 0) is 25.4 Å². The number of imidazole rings is 1. The van der Waals surface area contributed by atoms with Crippen LogP contribution < -0.4 is 33.9 Å². The second-order valence-electron chi connectivity index (χ2n) is 9.00. The van der Waals surface area contributed by atoms with Crippen molar-refractivity contribution < 1.29 is 37.8 Å². The van der Waals surface area contributed by atoms with Gasteiger partial charge in [-0.25, -0.2) is 4.79 Å². The number of nitrogens with two attached hydrogens (primary N) is 1. The Kier molecular flexibility index (Phi) is 8.67. The predicted molar refractivity (Wildman–Crippen MR) is 129 cm³/mol. The molecule has 2 unspecified atom stereocenters. The summed E-state index contributed by atoms with van der Waals surface area (Å²) in [5, 5.41) is 31.4. The minimum absolute atomic E-state index is 0. The first kappa shape index (κ1) is 27.5. The van der Waals surface area contributed by atoms with E-state index in [9.17, 15) is 24.9 Å². The molecule has 2 atom stereocenters. The van der Waals surface area contributed by atoms with Crippen LogP contribution in [0.2, 0.25) is 0 Å². The number of phenolic OH excluding ortho intramolecular Hbond substituents is 2. The Balaban J connectivity index is 0.00000361. The number of morpholine rings is 1. The van der Waals surface area contributed by atoms with Crippen LogP contribution >= 0.6 is 0 Å². The highest BCUT2D eigenvalue weighted by molar-refractivity contribution is 5.74. The second kappa shape index (κ2) is 11.3. The van der Waals surface area contributed by atoms with E-state index < -0.39 is 11.8 Å². The number of hydrogen-bond donors (Lipinski definition) is 4. The van der Waals surface area contributed by atoms with E-state index in [4.69, 9.17) is 9.72 Å². The summed E-state index contributed by atoms with van der Waals surface area (Å²) in [7, 11) is 3.08. The number of anilines is 1. The van der Waals surface area contributed by atoms with Gasteiger partial charge in [-0.1, -0.05) is 6.07 Å². The first-order valence-corrected chi connectivity index (χ1v) is 11.7. The van der Waals surface area contributed by atoms with Crippen LogP contribution in [0.3, 0.4) is 0 Å². The molecule has 36 heavy (non-hydrogen) atoms. The molecule has 13 heteroatoms. The number of benzene rings is 1. The largest absolute Gasteiger partial charge is 1.00 e. The van der Waals surface area contributed by atoms with Crippen LogP contribution in [0.15, 0.2) is 27.8 Å². The summed E-state index contributed by atoms with van der Waals surface area (Å²) in [6.45, 7) is 5.37. The summed E-state index contributed by atoms with van der Waals surface area (Å²) in [6.07, 6.45) is -0.0849. The number of aromatic nitrogens is 4. The summed E-state index contributed by atoms with van der Waals surface area (Å²) in [5.74, 6) is 0.147. The highest BCUT2D eigenvalue weighted by Gasteiger charge is 2.26. The second-order valence-corrected chi connectivity index (χ2v) is 9.00. The SMILES string of the molecule is CC1CN(c2nc3c(c(=O)n(C)c(=O)n3C)n2CCC[NH2+]CC(O)c2ccc(O)c(O)c2)CCO1.[Cl-]. The van der Waals surface area contributed by atoms with Crippen LogP contribution in [0.4, 0.5) is 5.95 Å². The van der Waals surface area contributed by atoms with Crippen molar-refractivity contribution in [3.63, 3.8) is 0 Å². The molecular formula is C23H33ClN6O6. The van der Waals surface area contributed by atoms with Crippen molar-refractivity contribution in [2.45, 2.75) is 32.1 Å². The molecule has 0 radical (unpaired) electrons. The molecule has 0 amide bonds. The number of aliphatic hydroxyl groups is 1. The van der Waals surface area contributed by atoms with E-state index in [1.54, 1.807) is 13.1 Å². The fraction of sp³-hybridized carbons (Fsp3) is 0.522. The monoisotopic (exact) mass is 524 g/mol. The van der Waals surface area contributed by atoms with Crippen molar-refractivity contribution in [1.82, 2.24) is 18.7 Å². The number of ether oxygens (including phenoxy) is 1. The summed E-state index contributed by atoms with van der Waals surface area (Å²) in [4.78, 5) is 32.3. The number of aliphatic hydroxyl groups excluding tert-OH is 1. The fourth-order valence-corrected chi connectivity index (χ4v) is 4.44. The maximum Gasteiger partial charge on any atom is 0.332 e. The Morgan fingerprint density at radius 1 is 1.19 bits per heavy atom. The van der Waals surface area contributed by atoms with Gasteiger partial charge in [0, 0.05) is 40.2 Å². The number of nitrogens with zero attached hydrogens (tertiary/aromatic N) is 5. The number of rotatable bonds is 8. The zero-order valence-corrected chi connectivity index (χ0v) is 21.4. The Bertz CT molecular complexity index is 1340. The van der Waals surface area contributed by atoms with Gasteiger partial charge in [-0.05, 0) is 24.6 Å². The molecule has 0 spiro atoms. The van der Waals surface area contributed by atoms with Crippen molar-refractivity contribution >= 4 is 17.1 Å². The average Bonchev–Trinajstić information content (AvgIpc) is 3.22. The smallest absolute Gasteiger partial charge is 0.332 e. The molecule has 0 bridgehead atoms. The molecule has 5 N–H and O–H groups in total. The summed E-state index contributed by atoms with van der Waals surface area (Å²) < 4.78 is 10.0. The van der Waals surface area contributed by atoms with Crippen molar-refractivity contribution in [1.29, 1.82) is 0 Å². The van der Waals surface area contributed by atoms with E-state index in [1.807, 2.05) is 16.8 Å². The van der Waals surface area contributed by atoms with E-state index in [0.717, 1.165) is 4.57 Å². The van der Waals surface area contributed by atoms with Gasteiger partial charge in [0.05, 0.1) is 19.3 Å². The fourth-order valence-electron chi connectivity index (χ4n) is 4.44. The normalized spacial score (nSPS) is 16.8. The maximum absolute atomic E-state index is 13.0. The lowest BCUT2D eigenvalue weighted by Crippen LogP contribution is -3.00. The first-order valence-electron chi connectivity index (χ1n) is 11.7. The molecule has 0 saturated carbocycles. The Hall–Kier alpha value is -3.06. The standard InChI is InChI=1S/C23H32N6O6.ClH/c1-14-13-28(9-10-35-14)22-25-20-19(21(33)27(3)23(34)26(20)2)29(22)8-4-7-24-12-18(32)15-5-6-16(30)17(31)11-15;/h5-6,11,14,18,24,30-32H,4,7-10,12-13H2,1-3H3;1H. The van der Waals surface area contributed by atoms with E-state index >= 15 is 0 Å². The molecule has 1 saturated heterocycles. The van der Waals surface area contributed by atoms with Crippen LogP contribution in [0.25, 0.3) is 11.2 Å². The molecule has 0 aliphatic carbocycles. The van der Waals surface area contributed by atoms with Gasteiger partial charge < -0.3 is 47.2 Å². The van der Waals surface area contributed by atoms with Crippen molar-refractivity contribution in [2.75, 3.05) is 37.7 Å². The molecule has 12 nitrogen and oxygen atoms in total. The summed E-state index contributed by atoms with van der Waals surface area (Å²) in [6, 6.07) is 4.27. The third-order valence-electron chi connectivity index (χ3n) is 6.42. The van der Waals surface area contributed by atoms with Crippen LogP contribution in [-0.4, -0.2) is 72.9 Å². The molecule has 3 heterocycles. The van der Waals surface area contributed by atoms with Crippen LogP contribution in [0, 0.1) is 0 Å². The van der Waals surface area contributed by atoms with E-state index in [-0.39, 0.29) is 35.6 Å². The summed E-state index contributed by atoms with van der Waals surface area (Å²) in [5.41, 5.74) is 0.471. The van der Waals surface area contributed by atoms with E-state index in [2.05, 4.69) is 4.90 Å². The lowest BCUT2D eigenvalue weighted by Gasteiger charge is -2.32. The Morgan fingerprint density at radius 2 is 1.94 bits per heavy atom. The van der Waals surface area contributed by atoms with Gasteiger partial charge in [0.1, 0.15) is 12.6 Å². The molecule has 3 aromatic rings. The Morgan fingerprint density at radius 3 is 2.64 bits per heavy atom. The van der Waals surface area contributed by atoms with Gasteiger partial charge in [0.25, 0.3) is 5.56 Å². The number of quaternary nitrogens is 1. The lowest BCUT2D eigenvalue weighted by molar-refractivity contribution is -0.662. The lowest BCUT2D eigenvalue weighted by atomic mass is 10.1. The molecule has 1 aromatic carbocycles. The average molecular weight is 525 g/mol. The van der Waals surface area contributed by atoms with Crippen molar-refractivity contribution in [3.05, 3.63) is 44.6 Å².